The van der Waals surface area contributed by atoms with E-state index in [1.54, 1.807) is 24.3 Å². The molecule has 8 heteroatoms. The Morgan fingerprint density at radius 3 is 1.91 bits per heavy atom. The minimum Gasteiger partial charge on any atom is -0.494 e. The second kappa shape index (κ2) is 11.6. The summed E-state index contributed by atoms with van der Waals surface area (Å²) in [6, 6.07) is 18.6. The second-order valence-corrected chi connectivity index (χ2v) is 9.21. The average Bonchev–Trinajstić information content (AvgIpc) is 2.84. The Balaban J connectivity index is 1.60. The van der Waals surface area contributed by atoms with Gasteiger partial charge in [-0.1, -0.05) is 32.0 Å². The van der Waals surface area contributed by atoms with E-state index in [4.69, 9.17) is 9.47 Å². The van der Waals surface area contributed by atoms with Crippen LogP contribution in [0.15, 0.2) is 71.6 Å². The molecule has 0 spiro atoms. The van der Waals surface area contributed by atoms with E-state index in [1.807, 2.05) is 39.0 Å². The molecule has 3 rings (SSSR count). The maximum absolute atomic E-state index is 12.7. The Hall–Kier alpha value is -3.52. The first-order valence-corrected chi connectivity index (χ1v) is 12.7. The van der Waals surface area contributed by atoms with E-state index in [2.05, 4.69) is 10.0 Å². The number of anilines is 2. The van der Waals surface area contributed by atoms with Crippen molar-refractivity contribution in [3.05, 3.63) is 77.9 Å². The molecule has 180 valence electrons. The van der Waals surface area contributed by atoms with Crippen molar-refractivity contribution in [3.63, 3.8) is 0 Å². The molecular weight excluding hydrogens is 452 g/mol. The van der Waals surface area contributed by atoms with Crippen LogP contribution in [0.3, 0.4) is 0 Å². The summed E-state index contributed by atoms with van der Waals surface area (Å²) in [6.45, 7) is 6.32. The highest BCUT2D eigenvalue weighted by molar-refractivity contribution is 7.92. The van der Waals surface area contributed by atoms with Crippen LogP contribution in [0.25, 0.3) is 0 Å². The number of carbonyl (C=O) groups excluding carboxylic acids is 1. The first kappa shape index (κ1) is 25.1. The van der Waals surface area contributed by atoms with E-state index in [1.165, 1.54) is 24.3 Å². The Labute approximate surface area is 201 Å². The lowest BCUT2D eigenvalue weighted by Crippen LogP contribution is -2.21. The van der Waals surface area contributed by atoms with Crippen molar-refractivity contribution in [1.29, 1.82) is 0 Å². The van der Waals surface area contributed by atoms with Crippen LogP contribution >= 0.6 is 0 Å². The number of hydrogen-bond donors (Lipinski definition) is 2. The van der Waals surface area contributed by atoms with Gasteiger partial charge in [-0.3, -0.25) is 9.52 Å². The molecule has 0 aliphatic rings. The SMILES string of the molecule is CCOc1ccc(NS(=O)(=O)c2ccc(OCC(=O)Nc3c(CC)cccc3CC)cc2)cc1. The standard InChI is InChI=1S/C26H30N2O5S/c1-4-19-8-7-9-20(5-2)26(19)27-25(29)18-33-23-14-16-24(17-15-23)34(30,31)28-21-10-12-22(13-11-21)32-6-3/h7-17,28H,4-6,18H2,1-3H3,(H,27,29). The number of carbonyl (C=O) groups is 1. The summed E-state index contributed by atoms with van der Waals surface area (Å²) in [6.07, 6.45) is 1.62. The summed E-state index contributed by atoms with van der Waals surface area (Å²) in [5.74, 6) is 0.791. The minimum atomic E-state index is -3.77. The number of ether oxygens (including phenoxy) is 2. The smallest absolute Gasteiger partial charge is 0.262 e. The first-order valence-electron chi connectivity index (χ1n) is 11.3. The molecule has 0 heterocycles. The van der Waals surface area contributed by atoms with Crippen molar-refractivity contribution in [2.24, 2.45) is 0 Å². The molecule has 0 saturated heterocycles. The molecule has 0 radical (unpaired) electrons. The molecule has 0 atom stereocenters. The number of benzene rings is 3. The van der Waals surface area contributed by atoms with Crippen molar-refractivity contribution >= 4 is 27.3 Å². The summed E-state index contributed by atoms with van der Waals surface area (Å²) >= 11 is 0. The normalized spacial score (nSPS) is 11.0. The number of amides is 1. The van der Waals surface area contributed by atoms with Gasteiger partial charge in [0.1, 0.15) is 11.5 Å². The third kappa shape index (κ3) is 6.51. The largest absolute Gasteiger partial charge is 0.494 e. The Morgan fingerprint density at radius 2 is 1.35 bits per heavy atom. The number of rotatable bonds is 11. The summed E-state index contributed by atoms with van der Waals surface area (Å²) < 4.78 is 38.8. The summed E-state index contributed by atoms with van der Waals surface area (Å²) in [7, 11) is -3.77. The zero-order valence-corrected chi connectivity index (χ0v) is 20.4. The fourth-order valence-electron chi connectivity index (χ4n) is 3.44. The van der Waals surface area contributed by atoms with Gasteiger partial charge in [0, 0.05) is 11.4 Å². The van der Waals surface area contributed by atoms with Crippen LogP contribution in [0.5, 0.6) is 11.5 Å². The monoisotopic (exact) mass is 482 g/mol. The Bertz CT molecular complexity index is 1180. The molecule has 2 N–H and O–H groups in total. The maximum atomic E-state index is 12.7. The van der Waals surface area contributed by atoms with Gasteiger partial charge in [-0.25, -0.2) is 8.42 Å². The fourth-order valence-corrected chi connectivity index (χ4v) is 4.50. The van der Waals surface area contributed by atoms with Gasteiger partial charge in [0.15, 0.2) is 6.61 Å². The second-order valence-electron chi connectivity index (χ2n) is 7.53. The van der Waals surface area contributed by atoms with E-state index in [-0.39, 0.29) is 17.4 Å². The lowest BCUT2D eigenvalue weighted by Gasteiger charge is -2.15. The minimum absolute atomic E-state index is 0.0858. The van der Waals surface area contributed by atoms with E-state index < -0.39 is 10.0 Å². The molecule has 3 aromatic carbocycles. The topological polar surface area (TPSA) is 93.7 Å². The average molecular weight is 483 g/mol. The van der Waals surface area contributed by atoms with Crippen molar-refractivity contribution in [2.45, 2.75) is 38.5 Å². The number of aryl methyl sites for hydroxylation is 2. The molecule has 0 saturated carbocycles. The molecule has 34 heavy (non-hydrogen) atoms. The molecule has 0 aliphatic heterocycles. The highest BCUT2D eigenvalue weighted by Crippen LogP contribution is 2.23. The van der Waals surface area contributed by atoms with E-state index >= 15 is 0 Å². The van der Waals surface area contributed by atoms with Gasteiger partial charge in [-0.15, -0.1) is 0 Å². The van der Waals surface area contributed by atoms with Crippen LogP contribution in [-0.4, -0.2) is 27.5 Å². The van der Waals surface area contributed by atoms with Crippen LogP contribution in [0.2, 0.25) is 0 Å². The predicted octanol–water partition coefficient (Wildman–Crippen LogP) is 5.03. The van der Waals surface area contributed by atoms with Gasteiger partial charge >= 0.3 is 0 Å². The Kier molecular flexibility index (Phi) is 8.54. The molecule has 7 nitrogen and oxygen atoms in total. The van der Waals surface area contributed by atoms with Crippen molar-refractivity contribution < 1.29 is 22.7 Å². The van der Waals surface area contributed by atoms with Gasteiger partial charge in [0.05, 0.1) is 11.5 Å². The summed E-state index contributed by atoms with van der Waals surface area (Å²) in [5, 5.41) is 2.95. The van der Waals surface area contributed by atoms with Crippen molar-refractivity contribution in [1.82, 2.24) is 0 Å². The molecule has 0 unspecified atom stereocenters. The molecule has 3 aromatic rings. The number of para-hydroxylation sites is 1. The highest BCUT2D eigenvalue weighted by atomic mass is 32.2. The molecular formula is C26H30N2O5S. The van der Waals surface area contributed by atoms with Gasteiger partial charge in [-0.05, 0) is 79.4 Å². The molecule has 0 bridgehead atoms. The third-order valence-electron chi connectivity index (χ3n) is 5.18. The Morgan fingerprint density at radius 1 is 0.794 bits per heavy atom. The number of hydrogen-bond acceptors (Lipinski definition) is 5. The van der Waals surface area contributed by atoms with Crippen molar-refractivity contribution in [2.75, 3.05) is 23.3 Å². The zero-order chi connectivity index (χ0) is 24.6. The van der Waals surface area contributed by atoms with E-state index in [0.29, 0.717) is 23.8 Å². The highest BCUT2D eigenvalue weighted by Gasteiger charge is 2.15. The van der Waals surface area contributed by atoms with Gasteiger partial charge in [0.25, 0.3) is 15.9 Å². The predicted molar refractivity (Wildman–Crippen MR) is 134 cm³/mol. The van der Waals surface area contributed by atoms with Crippen LogP contribution in [0, 0.1) is 0 Å². The zero-order valence-electron chi connectivity index (χ0n) is 19.6. The number of nitrogens with one attached hydrogen (secondary N) is 2. The van der Waals surface area contributed by atoms with Crippen LogP contribution in [0.4, 0.5) is 11.4 Å². The first-order chi connectivity index (χ1) is 16.4. The van der Waals surface area contributed by atoms with Gasteiger partial charge < -0.3 is 14.8 Å². The summed E-state index contributed by atoms with van der Waals surface area (Å²) in [4.78, 5) is 12.6. The fraction of sp³-hybridized carbons (Fsp3) is 0.269. The maximum Gasteiger partial charge on any atom is 0.262 e. The van der Waals surface area contributed by atoms with Crippen LogP contribution in [-0.2, 0) is 27.7 Å². The lowest BCUT2D eigenvalue weighted by molar-refractivity contribution is -0.118. The molecule has 0 fully saturated rings. The third-order valence-corrected chi connectivity index (χ3v) is 6.58. The van der Waals surface area contributed by atoms with E-state index in [9.17, 15) is 13.2 Å². The summed E-state index contributed by atoms with van der Waals surface area (Å²) in [5.41, 5.74) is 3.41. The van der Waals surface area contributed by atoms with Crippen LogP contribution in [0.1, 0.15) is 31.9 Å². The lowest BCUT2D eigenvalue weighted by atomic mass is 10.0. The van der Waals surface area contributed by atoms with Crippen molar-refractivity contribution in [3.8, 4) is 11.5 Å². The quantitative estimate of drug-likeness (QED) is 0.400. The van der Waals surface area contributed by atoms with Crippen LogP contribution < -0.4 is 19.5 Å². The molecule has 0 aliphatic carbocycles. The number of sulfonamides is 1. The van der Waals surface area contributed by atoms with Gasteiger partial charge in [0.2, 0.25) is 0 Å². The van der Waals surface area contributed by atoms with Gasteiger partial charge in [-0.2, -0.15) is 0 Å². The molecule has 0 aromatic heterocycles. The molecule has 1 amide bonds. The van der Waals surface area contributed by atoms with E-state index in [0.717, 1.165) is 29.7 Å².